The highest BCUT2D eigenvalue weighted by molar-refractivity contribution is 8.03. The summed E-state index contributed by atoms with van der Waals surface area (Å²) in [6, 6.07) is 9.50. The molecule has 130 valence electrons. The summed E-state index contributed by atoms with van der Waals surface area (Å²) in [7, 11) is 1.65. The summed E-state index contributed by atoms with van der Waals surface area (Å²) in [5.74, 6) is 2.12. The van der Waals surface area contributed by atoms with Gasteiger partial charge in [-0.25, -0.2) is 0 Å². The van der Waals surface area contributed by atoms with Crippen LogP contribution in [-0.4, -0.2) is 34.1 Å². The molecule has 0 radical (unpaired) electrons. The third-order valence-electron chi connectivity index (χ3n) is 2.94. The number of rotatable bonds is 8. The quantitative estimate of drug-likeness (QED) is 0.580. The van der Waals surface area contributed by atoms with Gasteiger partial charge >= 0.3 is 0 Å². The molecule has 0 saturated heterocycles. The predicted molar refractivity (Wildman–Crippen MR) is 98.3 cm³/mol. The molecule has 1 N–H and O–H groups in total. The molecule has 2 aromatic heterocycles. The number of anilines is 1. The Morgan fingerprint density at radius 3 is 2.64 bits per heavy atom. The molecule has 0 aliphatic heterocycles. The molecule has 0 spiro atoms. The molecule has 3 aromatic rings. The van der Waals surface area contributed by atoms with Crippen molar-refractivity contribution in [3.63, 3.8) is 0 Å². The van der Waals surface area contributed by atoms with E-state index in [2.05, 4.69) is 25.2 Å². The minimum atomic E-state index is -0.165. The SMILES string of the molecule is COc1ccc(CSc2nnc(SCC(=O)Nc3ccon3)s2)cc1. The molecule has 0 saturated carbocycles. The van der Waals surface area contributed by atoms with Gasteiger partial charge in [0.15, 0.2) is 14.5 Å². The Morgan fingerprint density at radius 2 is 1.96 bits per heavy atom. The van der Waals surface area contributed by atoms with E-state index in [9.17, 15) is 4.79 Å². The topological polar surface area (TPSA) is 90.1 Å². The van der Waals surface area contributed by atoms with E-state index in [4.69, 9.17) is 4.74 Å². The monoisotopic (exact) mass is 394 g/mol. The first-order valence-corrected chi connectivity index (χ1v) is 9.94. The van der Waals surface area contributed by atoms with Gasteiger partial charge in [-0.2, -0.15) is 0 Å². The maximum Gasteiger partial charge on any atom is 0.236 e. The number of nitrogens with one attached hydrogen (secondary N) is 1. The fourth-order valence-corrected chi connectivity index (χ4v) is 4.54. The lowest BCUT2D eigenvalue weighted by atomic mass is 10.2. The summed E-state index contributed by atoms with van der Waals surface area (Å²) in [6.07, 6.45) is 1.40. The van der Waals surface area contributed by atoms with Gasteiger partial charge in [0.05, 0.1) is 12.9 Å². The van der Waals surface area contributed by atoms with Crippen molar-refractivity contribution in [2.45, 2.75) is 14.4 Å². The normalized spacial score (nSPS) is 10.6. The van der Waals surface area contributed by atoms with Crippen LogP contribution < -0.4 is 10.1 Å². The van der Waals surface area contributed by atoms with Gasteiger partial charge in [-0.15, -0.1) is 10.2 Å². The van der Waals surface area contributed by atoms with Crippen LogP contribution in [0, 0.1) is 0 Å². The van der Waals surface area contributed by atoms with Gasteiger partial charge < -0.3 is 14.6 Å². The number of carbonyl (C=O) groups is 1. The Hall–Kier alpha value is -2.04. The van der Waals surface area contributed by atoms with Crippen LogP contribution in [0.4, 0.5) is 5.82 Å². The van der Waals surface area contributed by atoms with Gasteiger partial charge in [0, 0.05) is 11.8 Å². The van der Waals surface area contributed by atoms with E-state index in [0.717, 1.165) is 20.2 Å². The zero-order valence-corrected chi connectivity index (χ0v) is 15.6. The molecule has 0 fully saturated rings. The number of thioether (sulfide) groups is 2. The molecule has 1 amide bonds. The fourth-order valence-electron chi connectivity index (χ4n) is 1.76. The largest absolute Gasteiger partial charge is 0.497 e. The number of ether oxygens (including phenoxy) is 1. The van der Waals surface area contributed by atoms with Crippen LogP contribution >= 0.6 is 34.9 Å². The number of methoxy groups -OCH3 is 1. The van der Waals surface area contributed by atoms with Crippen LogP contribution in [0.2, 0.25) is 0 Å². The number of aromatic nitrogens is 3. The highest BCUT2D eigenvalue weighted by Crippen LogP contribution is 2.31. The first-order chi connectivity index (χ1) is 12.2. The molecule has 3 rings (SSSR count). The summed E-state index contributed by atoms with van der Waals surface area (Å²) < 4.78 is 11.4. The minimum absolute atomic E-state index is 0.165. The molecule has 1 aromatic carbocycles. The molecule has 0 aliphatic rings. The smallest absolute Gasteiger partial charge is 0.236 e. The summed E-state index contributed by atoms with van der Waals surface area (Å²) in [6.45, 7) is 0. The van der Waals surface area contributed by atoms with Crippen LogP contribution in [-0.2, 0) is 10.5 Å². The van der Waals surface area contributed by atoms with Crippen LogP contribution in [0.1, 0.15) is 5.56 Å². The molecule has 0 bridgehead atoms. The highest BCUT2D eigenvalue weighted by atomic mass is 32.2. The van der Waals surface area contributed by atoms with E-state index in [-0.39, 0.29) is 11.7 Å². The van der Waals surface area contributed by atoms with Crippen LogP contribution in [0.15, 0.2) is 49.8 Å². The average molecular weight is 395 g/mol. The lowest BCUT2D eigenvalue weighted by molar-refractivity contribution is -0.113. The van der Waals surface area contributed by atoms with Crippen molar-refractivity contribution in [2.24, 2.45) is 0 Å². The van der Waals surface area contributed by atoms with Gasteiger partial charge in [-0.3, -0.25) is 4.79 Å². The van der Waals surface area contributed by atoms with Crippen molar-refractivity contribution in [1.29, 1.82) is 0 Å². The Kier molecular flexibility index (Phi) is 6.31. The van der Waals surface area contributed by atoms with Crippen LogP contribution in [0.3, 0.4) is 0 Å². The van der Waals surface area contributed by atoms with Gasteiger partial charge in [0.1, 0.15) is 12.0 Å². The number of hydrogen-bond acceptors (Lipinski definition) is 9. The first-order valence-electron chi connectivity index (χ1n) is 7.15. The second-order valence-corrected chi connectivity index (χ2v) is 8.11. The van der Waals surface area contributed by atoms with E-state index in [1.54, 1.807) is 24.9 Å². The first kappa shape index (κ1) is 17.8. The average Bonchev–Trinajstić information content (AvgIpc) is 3.30. The molecule has 10 heteroatoms. The number of hydrogen-bond donors (Lipinski definition) is 1. The highest BCUT2D eigenvalue weighted by Gasteiger charge is 2.10. The second-order valence-electron chi connectivity index (χ2n) is 4.69. The van der Waals surface area contributed by atoms with Gasteiger partial charge in [0.25, 0.3) is 0 Å². The molecule has 2 heterocycles. The summed E-state index contributed by atoms with van der Waals surface area (Å²) in [5, 5.41) is 14.5. The van der Waals surface area contributed by atoms with Crippen molar-refractivity contribution in [3.05, 3.63) is 42.2 Å². The summed E-state index contributed by atoms with van der Waals surface area (Å²) in [5.41, 5.74) is 1.18. The maximum absolute atomic E-state index is 11.8. The number of carbonyl (C=O) groups excluding carboxylic acids is 1. The second kappa shape index (κ2) is 8.88. The minimum Gasteiger partial charge on any atom is -0.497 e. The molecule has 0 aliphatic carbocycles. The van der Waals surface area contributed by atoms with Crippen molar-refractivity contribution in [2.75, 3.05) is 18.2 Å². The van der Waals surface area contributed by atoms with E-state index in [1.165, 1.54) is 34.9 Å². The molecular weight excluding hydrogens is 380 g/mol. The standard InChI is InChI=1S/C15H14N4O3S3/c1-21-11-4-2-10(3-5-11)8-23-14-17-18-15(25-14)24-9-13(20)16-12-6-7-22-19-12/h2-7H,8-9H2,1H3,(H,16,19,20). The maximum atomic E-state index is 11.8. The van der Waals surface area contributed by atoms with E-state index >= 15 is 0 Å². The number of nitrogens with zero attached hydrogens (tertiary/aromatic N) is 3. The zero-order valence-electron chi connectivity index (χ0n) is 13.2. The van der Waals surface area contributed by atoms with Gasteiger partial charge in [0.2, 0.25) is 5.91 Å². The van der Waals surface area contributed by atoms with E-state index in [0.29, 0.717) is 5.82 Å². The molecule has 7 nitrogen and oxygen atoms in total. The van der Waals surface area contributed by atoms with Crippen molar-refractivity contribution >= 4 is 46.6 Å². The van der Waals surface area contributed by atoms with Crippen molar-refractivity contribution in [1.82, 2.24) is 15.4 Å². The zero-order chi connectivity index (χ0) is 17.5. The number of amides is 1. The third kappa shape index (κ3) is 5.48. The Morgan fingerprint density at radius 1 is 1.20 bits per heavy atom. The molecule has 25 heavy (non-hydrogen) atoms. The summed E-state index contributed by atoms with van der Waals surface area (Å²) >= 11 is 4.43. The molecule has 0 unspecified atom stereocenters. The predicted octanol–water partition coefficient (Wildman–Crippen LogP) is 3.56. The van der Waals surface area contributed by atoms with Gasteiger partial charge in [-0.05, 0) is 17.7 Å². The Bertz CT molecular complexity index is 806. The Labute approximate surface area is 156 Å². The van der Waals surface area contributed by atoms with Crippen molar-refractivity contribution < 1.29 is 14.1 Å². The van der Waals surface area contributed by atoms with E-state index in [1.807, 2.05) is 24.3 Å². The van der Waals surface area contributed by atoms with Gasteiger partial charge in [-0.1, -0.05) is 52.1 Å². The fraction of sp³-hybridized carbons (Fsp3) is 0.200. The third-order valence-corrected chi connectivity index (χ3v) is 6.20. The van der Waals surface area contributed by atoms with Crippen LogP contribution in [0.5, 0.6) is 5.75 Å². The summed E-state index contributed by atoms with van der Waals surface area (Å²) in [4.78, 5) is 11.8. The molecule has 0 atom stereocenters. The van der Waals surface area contributed by atoms with E-state index < -0.39 is 0 Å². The number of benzene rings is 1. The lowest BCUT2D eigenvalue weighted by Gasteiger charge is -2.01. The molecular formula is C15H14N4O3S3. The van der Waals surface area contributed by atoms with Crippen molar-refractivity contribution in [3.8, 4) is 5.75 Å². The van der Waals surface area contributed by atoms with Crippen LogP contribution in [0.25, 0.3) is 0 Å². The lowest BCUT2D eigenvalue weighted by Crippen LogP contribution is -2.14. The Balaban J connectivity index is 1.44.